The molecule has 0 spiro atoms. The minimum Gasteiger partial charge on any atom is -0.454 e. The second kappa shape index (κ2) is 8.28. The summed E-state index contributed by atoms with van der Waals surface area (Å²) in [4.78, 5) is 25.0. The van der Waals surface area contributed by atoms with Crippen molar-refractivity contribution in [2.24, 2.45) is 11.8 Å². The van der Waals surface area contributed by atoms with Crippen molar-refractivity contribution in [2.75, 3.05) is 0 Å². The average molecular weight is 318 g/mol. The molecule has 0 aromatic heterocycles. The number of Topliss-reactive ketones (excluding diaryl/α,β-unsaturated/α-hetero) is 1. The Morgan fingerprint density at radius 3 is 1.96 bits per heavy atom. The molecule has 23 heavy (non-hydrogen) atoms. The van der Waals surface area contributed by atoms with E-state index in [9.17, 15) is 9.59 Å². The van der Waals surface area contributed by atoms with E-state index in [1.165, 1.54) is 0 Å². The van der Waals surface area contributed by atoms with Gasteiger partial charge in [0.15, 0.2) is 6.10 Å². The predicted octanol–water partition coefficient (Wildman–Crippen LogP) is 4.80. The molecule has 3 heteroatoms. The van der Waals surface area contributed by atoms with Crippen molar-refractivity contribution >= 4 is 11.8 Å². The summed E-state index contributed by atoms with van der Waals surface area (Å²) in [7, 11) is 0. The van der Waals surface area contributed by atoms with Crippen LogP contribution in [0.15, 0.2) is 12.1 Å². The molecule has 0 N–H and O–H groups in total. The van der Waals surface area contributed by atoms with Gasteiger partial charge in [0.05, 0.1) is 0 Å². The molecule has 0 aliphatic rings. The van der Waals surface area contributed by atoms with Crippen molar-refractivity contribution in [3.8, 4) is 0 Å². The number of ether oxygens (including phenoxy) is 1. The van der Waals surface area contributed by atoms with Gasteiger partial charge < -0.3 is 4.74 Å². The lowest BCUT2D eigenvalue weighted by Crippen LogP contribution is -2.33. The van der Waals surface area contributed by atoms with Crippen molar-refractivity contribution < 1.29 is 14.3 Å². The van der Waals surface area contributed by atoms with Gasteiger partial charge in [-0.25, -0.2) is 0 Å². The third-order valence-corrected chi connectivity index (χ3v) is 3.97. The maximum absolute atomic E-state index is 12.9. The third kappa shape index (κ3) is 5.49. The average Bonchev–Trinajstić information content (AvgIpc) is 2.40. The quantitative estimate of drug-likeness (QED) is 0.536. The summed E-state index contributed by atoms with van der Waals surface area (Å²) in [5.41, 5.74) is 3.70. The fourth-order valence-electron chi connectivity index (χ4n) is 2.81. The number of carbonyl (C=O) groups excluding carboxylic acids is 2. The summed E-state index contributed by atoms with van der Waals surface area (Å²) in [6.07, 6.45) is 0.426. The van der Waals surface area contributed by atoms with Crippen molar-refractivity contribution in [3.05, 3.63) is 34.4 Å². The molecule has 0 radical (unpaired) electrons. The highest BCUT2D eigenvalue weighted by atomic mass is 16.5. The second-order valence-electron chi connectivity index (χ2n) is 7.22. The van der Waals surface area contributed by atoms with E-state index in [2.05, 4.69) is 13.8 Å². The second-order valence-corrected chi connectivity index (χ2v) is 7.22. The maximum atomic E-state index is 12.9. The van der Waals surface area contributed by atoms with Gasteiger partial charge in [-0.3, -0.25) is 9.59 Å². The predicted molar refractivity (Wildman–Crippen MR) is 93.8 cm³/mol. The van der Waals surface area contributed by atoms with E-state index < -0.39 is 6.10 Å². The van der Waals surface area contributed by atoms with Crippen LogP contribution in [0.25, 0.3) is 0 Å². The number of ketones is 1. The summed E-state index contributed by atoms with van der Waals surface area (Å²) in [5, 5.41) is 0. The first-order valence-electron chi connectivity index (χ1n) is 8.45. The van der Waals surface area contributed by atoms with Gasteiger partial charge in [-0.2, -0.15) is 0 Å². The van der Waals surface area contributed by atoms with E-state index in [1.807, 2.05) is 46.8 Å². The van der Waals surface area contributed by atoms with Crippen LogP contribution in [0, 0.1) is 32.6 Å². The minimum atomic E-state index is -0.713. The topological polar surface area (TPSA) is 43.4 Å². The number of aryl methyl sites for hydroxylation is 3. The lowest BCUT2D eigenvalue weighted by atomic mass is 9.90. The molecule has 0 amide bonds. The number of esters is 1. The molecule has 0 aliphatic heterocycles. The van der Waals surface area contributed by atoms with Crippen LogP contribution in [0.5, 0.6) is 0 Å². The van der Waals surface area contributed by atoms with Crippen LogP contribution in [0.1, 0.15) is 67.6 Å². The normalized spacial score (nSPS) is 12.6. The molecule has 1 aromatic carbocycles. The Hall–Kier alpha value is -1.64. The monoisotopic (exact) mass is 318 g/mol. The molecule has 0 aliphatic carbocycles. The Morgan fingerprint density at radius 1 is 1.00 bits per heavy atom. The number of hydrogen-bond donors (Lipinski definition) is 0. The van der Waals surface area contributed by atoms with E-state index in [0.29, 0.717) is 17.9 Å². The Kier molecular flexibility index (Phi) is 6.99. The van der Waals surface area contributed by atoms with Gasteiger partial charge in [-0.15, -0.1) is 0 Å². The first-order chi connectivity index (χ1) is 10.6. The number of rotatable bonds is 7. The van der Waals surface area contributed by atoms with Crippen molar-refractivity contribution in [1.82, 2.24) is 0 Å². The van der Waals surface area contributed by atoms with E-state index >= 15 is 0 Å². The van der Waals surface area contributed by atoms with Crippen LogP contribution >= 0.6 is 0 Å². The van der Waals surface area contributed by atoms with E-state index in [-0.39, 0.29) is 17.7 Å². The Morgan fingerprint density at radius 2 is 1.52 bits per heavy atom. The fraction of sp³-hybridized carbons (Fsp3) is 0.600. The molecule has 1 atom stereocenters. The summed E-state index contributed by atoms with van der Waals surface area (Å²) in [5.74, 6) is 0.0176. The zero-order valence-electron chi connectivity index (χ0n) is 15.5. The summed E-state index contributed by atoms with van der Waals surface area (Å²) in [6, 6.07) is 4.00. The molecular formula is C20H30O3. The summed E-state index contributed by atoms with van der Waals surface area (Å²) >= 11 is 0. The smallest absolute Gasteiger partial charge is 0.306 e. The lowest BCUT2D eigenvalue weighted by Gasteiger charge is -2.22. The van der Waals surface area contributed by atoms with Gasteiger partial charge in [0, 0.05) is 12.0 Å². The highest BCUT2D eigenvalue weighted by Gasteiger charge is 2.29. The van der Waals surface area contributed by atoms with Gasteiger partial charge in [0.1, 0.15) is 0 Å². The first-order valence-corrected chi connectivity index (χ1v) is 8.45. The Bertz CT molecular complexity index is 547. The molecular weight excluding hydrogens is 288 g/mol. The molecule has 3 nitrogen and oxygen atoms in total. The molecule has 0 saturated carbocycles. The lowest BCUT2D eigenvalue weighted by molar-refractivity contribution is -0.149. The van der Waals surface area contributed by atoms with Gasteiger partial charge in [0.25, 0.3) is 0 Å². The SMILES string of the molecule is Cc1cc(C)c(C(=O)C(OC(=O)CCC(C)C)C(C)C)c(C)c1. The van der Waals surface area contributed by atoms with Gasteiger partial charge >= 0.3 is 5.97 Å². The third-order valence-electron chi connectivity index (χ3n) is 3.97. The summed E-state index contributed by atoms with van der Waals surface area (Å²) in [6.45, 7) is 13.8. The van der Waals surface area contributed by atoms with Crippen molar-refractivity contribution in [3.63, 3.8) is 0 Å². The minimum absolute atomic E-state index is 0.0504. The standard InChI is InChI=1S/C20H30O3/c1-12(2)8-9-17(21)23-20(13(3)4)19(22)18-15(6)10-14(5)11-16(18)7/h10-13,20H,8-9H2,1-7H3. The van der Waals surface area contributed by atoms with E-state index in [0.717, 1.165) is 23.1 Å². The van der Waals surface area contributed by atoms with Crippen molar-refractivity contribution in [2.45, 2.75) is 67.4 Å². The van der Waals surface area contributed by atoms with E-state index in [1.54, 1.807) is 0 Å². The highest BCUT2D eigenvalue weighted by molar-refractivity contribution is 6.03. The Balaban J connectivity index is 2.98. The largest absolute Gasteiger partial charge is 0.454 e. The zero-order chi connectivity index (χ0) is 17.7. The van der Waals surface area contributed by atoms with Crippen LogP contribution < -0.4 is 0 Å². The zero-order valence-corrected chi connectivity index (χ0v) is 15.5. The molecule has 1 aromatic rings. The Labute approximate surface area is 140 Å². The van der Waals surface area contributed by atoms with Crippen molar-refractivity contribution in [1.29, 1.82) is 0 Å². The fourth-order valence-corrected chi connectivity index (χ4v) is 2.81. The first kappa shape index (κ1) is 19.4. The van der Waals surface area contributed by atoms with Gasteiger partial charge in [-0.05, 0) is 50.2 Å². The van der Waals surface area contributed by atoms with Gasteiger partial charge in [-0.1, -0.05) is 45.4 Å². The summed E-state index contributed by atoms with van der Waals surface area (Å²) < 4.78 is 5.53. The molecule has 1 rings (SSSR count). The highest BCUT2D eigenvalue weighted by Crippen LogP contribution is 2.22. The van der Waals surface area contributed by atoms with Gasteiger partial charge in [0.2, 0.25) is 5.78 Å². The maximum Gasteiger partial charge on any atom is 0.306 e. The molecule has 0 fully saturated rings. The van der Waals surface area contributed by atoms with Crippen LogP contribution in [0.4, 0.5) is 0 Å². The number of carbonyl (C=O) groups is 2. The van der Waals surface area contributed by atoms with Crippen LogP contribution in [0.2, 0.25) is 0 Å². The molecule has 1 unspecified atom stereocenters. The number of hydrogen-bond acceptors (Lipinski definition) is 3. The van der Waals surface area contributed by atoms with Crippen LogP contribution in [-0.2, 0) is 9.53 Å². The molecule has 128 valence electrons. The van der Waals surface area contributed by atoms with E-state index in [4.69, 9.17) is 4.74 Å². The molecule has 0 heterocycles. The molecule has 0 bridgehead atoms. The van der Waals surface area contributed by atoms with Crippen LogP contribution in [0.3, 0.4) is 0 Å². The molecule has 0 saturated heterocycles. The van der Waals surface area contributed by atoms with Crippen LogP contribution in [-0.4, -0.2) is 17.9 Å². The number of benzene rings is 1.